The molecule has 1 fully saturated rings. The average molecular weight is 382 g/mol. The summed E-state index contributed by atoms with van der Waals surface area (Å²) < 4.78 is 22.2. The lowest BCUT2D eigenvalue weighted by Crippen LogP contribution is -2.15. The van der Waals surface area contributed by atoms with Gasteiger partial charge in [-0.1, -0.05) is 43.5 Å². The normalized spacial score (nSPS) is 17.8. The molecule has 0 radical (unpaired) electrons. The van der Waals surface area contributed by atoms with Crippen LogP contribution in [0, 0.1) is 0 Å². The van der Waals surface area contributed by atoms with Crippen molar-refractivity contribution in [2.45, 2.75) is 38.0 Å². The van der Waals surface area contributed by atoms with Crippen LogP contribution in [-0.2, 0) is 13.9 Å². The van der Waals surface area contributed by atoms with E-state index in [9.17, 15) is 9.36 Å². The Bertz CT molecular complexity index is 820. The molecule has 1 unspecified atom stereocenters. The van der Waals surface area contributed by atoms with Crippen molar-refractivity contribution >= 4 is 34.9 Å². The van der Waals surface area contributed by atoms with Gasteiger partial charge in [-0.25, -0.2) is 4.57 Å². The first-order valence-corrected chi connectivity index (χ1v) is 10.9. The molecule has 1 aliphatic rings. The third-order valence-electron chi connectivity index (χ3n) is 4.53. The van der Waals surface area contributed by atoms with Crippen LogP contribution in [-0.4, -0.2) is 12.5 Å². The van der Waals surface area contributed by atoms with E-state index in [1.54, 1.807) is 12.1 Å². The lowest BCUT2D eigenvalue weighted by molar-refractivity contribution is -0.132. The van der Waals surface area contributed by atoms with E-state index >= 15 is 0 Å². The molecule has 0 bridgehead atoms. The summed E-state index contributed by atoms with van der Waals surface area (Å²) in [7, 11) is 0. The third-order valence-corrected chi connectivity index (χ3v) is 5.78. The van der Waals surface area contributed by atoms with Crippen LogP contribution in [0.25, 0.3) is 10.8 Å². The summed E-state index contributed by atoms with van der Waals surface area (Å²) in [6.07, 6.45) is 6.13. The second-order valence-electron chi connectivity index (χ2n) is 6.26. The van der Waals surface area contributed by atoms with Crippen molar-refractivity contribution in [2.75, 3.05) is 6.54 Å². The maximum Gasteiger partial charge on any atom is 0.532 e. The molecule has 2 N–H and O–H groups in total. The maximum absolute atomic E-state index is 12.2. The van der Waals surface area contributed by atoms with Gasteiger partial charge in [-0.2, -0.15) is 0 Å². The Balaban J connectivity index is 1.92. The summed E-state index contributed by atoms with van der Waals surface area (Å²) in [5, 5.41) is 1.74. The van der Waals surface area contributed by atoms with E-state index in [4.69, 9.17) is 21.5 Å². The molecular weight excluding hydrogens is 361 g/mol. The molecule has 0 spiro atoms. The summed E-state index contributed by atoms with van der Waals surface area (Å²) in [5.41, 5.74) is 6.40. The molecule has 134 valence electrons. The zero-order chi connectivity index (χ0) is 17.9. The van der Waals surface area contributed by atoms with E-state index in [-0.39, 0.29) is 0 Å². The number of carbonyl (C=O) groups excluding carboxylic acids is 1. The van der Waals surface area contributed by atoms with Gasteiger partial charge in [0, 0.05) is 16.6 Å². The molecular formula is C18H21ClNO4P. The lowest BCUT2D eigenvalue weighted by atomic mass is 9.83. The molecule has 25 heavy (non-hydrogen) atoms. The van der Waals surface area contributed by atoms with Crippen LogP contribution in [0.4, 0.5) is 0 Å². The van der Waals surface area contributed by atoms with Gasteiger partial charge in [0.2, 0.25) is 0 Å². The number of hydrogen-bond donors (Lipinski definition) is 1. The van der Waals surface area contributed by atoms with Gasteiger partial charge in [0.1, 0.15) is 5.75 Å². The van der Waals surface area contributed by atoms with Crippen LogP contribution in [0.15, 0.2) is 36.4 Å². The number of benzene rings is 2. The van der Waals surface area contributed by atoms with Crippen molar-refractivity contribution in [3.05, 3.63) is 42.0 Å². The van der Waals surface area contributed by atoms with E-state index in [1.165, 1.54) is 37.7 Å². The molecule has 0 aromatic heterocycles. The first-order chi connectivity index (χ1) is 12.0. The Labute approximate surface area is 151 Å². The van der Waals surface area contributed by atoms with Crippen LogP contribution in [0.3, 0.4) is 0 Å². The zero-order valence-electron chi connectivity index (χ0n) is 13.8. The van der Waals surface area contributed by atoms with Crippen LogP contribution < -0.4 is 10.3 Å². The number of rotatable bonds is 5. The highest BCUT2D eigenvalue weighted by atomic mass is 35.7. The first kappa shape index (κ1) is 18.2. The monoisotopic (exact) mass is 381 g/mol. The van der Waals surface area contributed by atoms with Gasteiger partial charge in [0.15, 0.2) is 0 Å². The predicted octanol–water partition coefficient (Wildman–Crippen LogP) is 5.12. The van der Waals surface area contributed by atoms with Gasteiger partial charge in [-0.3, -0.25) is 4.79 Å². The zero-order valence-corrected chi connectivity index (χ0v) is 15.5. The van der Waals surface area contributed by atoms with Gasteiger partial charge in [0.05, 0.1) is 6.54 Å². The highest BCUT2D eigenvalue weighted by molar-refractivity contribution is 7.82. The summed E-state index contributed by atoms with van der Waals surface area (Å²) >= 11 is 5.77. The second kappa shape index (κ2) is 7.77. The molecule has 0 heterocycles. The predicted molar refractivity (Wildman–Crippen MR) is 99.0 cm³/mol. The van der Waals surface area contributed by atoms with Crippen LogP contribution >= 0.6 is 18.2 Å². The Morgan fingerprint density at radius 1 is 1.20 bits per heavy atom. The van der Waals surface area contributed by atoms with Gasteiger partial charge >= 0.3 is 12.9 Å². The van der Waals surface area contributed by atoms with E-state index in [0.717, 1.165) is 10.8 Å². The van der Waals surface area contributed by atoms with Crippen molar-refractivity contribution in [1.29, 1.82) is 0 Å². The number of halogens is 1. The molecule has 5 nitrogen and oxygen atoms in total. The molecule has 0 amide bonds. The fourth-order valence-corrected chi connectivity index (χ4v) is 4.53. The fourth-order valence-electron chi connectivity index (χ4n) is 3.33. The SMILES string of the molecule is NCC(=O)OP(=O)(Cl)Oc1cccc2ccc(C3CCCCC3)cc12. The average Bonchev–Trinajstić information content (AvgIpc) is 2.61. The van der Waals surface area contributed by atoms with Crippen molar-refractivity contribution in [3.63, 3.8) is 0 Å². The Morgan fingerprint density at radius 3 is 2.68 bits per heavy atom. The van der Waals surface area contributed by atoms with Gasteiger partial charge < -0.3 is 14.8 Å². The van der Waals surface area contributed by atoms with E-state index < -0.39 is 19.5 Å². The first-order valence-electron chi connectivity index (χ1n) is 8.43. The molecule has 1 atom stereocenters. The van der Waals surface area contributed by atoms with Crippen LogP contribution in [0.1, 0.15) is 43.6 Å². The number of carbonyl (C=O) groups is 1. The number of nitrogens with two attached hydrogens (primary N) is 1. The van der Waals surface area contributed by atoms with Gasteiger partial charge in [-0.05, 0) is 41.8 Å². The van der Waals surface area contributed by atoms with Gasteiger partial charge in [0.25, 0.3) is 0 Å². The minimum atomic E-state index is -4.10. The standard InChI is InChI=1S/C18H21ClNO4P/c19-25(22,24-18(21)12-20)23-17-8-4-7-14-9-10-15(11-16(14)17)13-5-2-1-3-6-13/h4,7-11,13H,1-3,5-6,12,20H2. The topological polar surface area (TPSA) is 78.6 Å². The Kier molecular flexibility index (Phi) is 5.67. The van der Waals surface area contributed by atoms with Crippen molar-refractivity contribution in [2.24, 2.45) is 5.73 Å². The molecule has 0 aliphatic heterocycles. The molecule has 0 saturated heterocycles. The summed E-state index contributed by atoms with van der Waals surface area (Å²) in [6, 6.07) is 11.6. The summed E-state index contributed by atoms with van der Waals surface area (Å²) in [5.74, 6) is -0.0103. The van der Waals surface area contributed by atoms with Gasteiger partial charge in [-0.15, -0.1) is 0 Å². The van der Waals surface area contributed by atoms with Crippen LogP contribution in [0.5, 0.6) is 5.75 Å². The minimum absolute atomic E-state index is 0.332. The fraction of sp³-hybridized carbons (Fsp3) is 0.389. The van der Waals surface area contributed by atoms with E-state index in [1.807, 2.05) is 12.1 Å². The largest absolute Gasteiger partial charge is 0.532 e. The summed E-state index contributed by atoms with van der Waals surface area (Å²) in [4.78, 5) is 11.3. The highest BCUT2D eigenvalue weighted by Gasteiger charge is 2.28. The third kappa shape index (κ3) is 4.55. The molecule has 3 rings (SSSR count). The number of hydrogen-bond acceptors (Lipinski definition) is 5. The highest BCUT2D eigenvalue weighted by Crippen LogP contribution is 2.54. The second-order valence-corrected chi connectivity index (χ2v) is 8.73. The molecule has 1 aliphatic carbocycles. The maximum atomic E-state index is 12.2. The van der Waals surface area contributed by atoms with Crippen molar-refractivity contribution < 1.29 is 18.4 Å². The number of fused-ring (bicyclic) bond motifs is 1. The molecule has 2 aromatic carbocycles. The Morgan fingerprint density at radius 2 is 1.96 bits per heavy atom. The smallest absolute Gasteiger partial charge is 0.404 e. The van der Waals surface area contributed by atoms with Crippen LogP contribution in [0.2, 0.25) is 0 Å². The lowest BCUT2D eigenvalue weighted by Gasteiger charge is -2.22. The van der Waals surface area contributed by atoms with E-state index in [2.05, 4.69) is 16.7 Å². The van der Waals surface area contributed by atoms with Crippen molar-refractivity contribution in [3.8, 4) is 5.75 Å². The molecule has 7 heteroatoms. The summed E-state index contributed by atoms with van der Waals surface area (Å²) in [6.45, 7) is -4.51. The minimum Gasteiger partial charge on any atom is -0.404 e. The Hall–Kier alpha value is -1.55. The molecule has 1 saturated carbocycles. The van der Waals surface area contributed by atoms with E-state index in [0.29, 0.717) is 11.7 Å². The van der Waals surface area contributed by atoms with Crippen molar-refractivity contribution in [1.82, 2.24) is 0 Å². The molecule has 2 aromatic rings. The quantitative estimate of drug-likeness (QED) is 0.727.